The zero-order valence-corrected chi connectivity index (χ0v) is 11.1. The van der Waals surface area contributed by atoms with E-state index in [1.807, 2.05) is 30.3 Å². The molecule has 0 saturated heterocycles. The minimum Gasteiger partial charge on any atom is -0.491 e. The number of pyridine rings is 1. The number of aromatic nitrogens is 1. The molecule has 0 radical (unpaired) electrons. The van der Waals surface area contributed by atoms with Crippen LogP contribution in [0.5, 0.6) is 5.75 Å². The third kappa shape index (κ3) is 2.30. The van der Waals surface area contributed by atoms with Gasteiger partial charge < -0.3 is 15.4 Å². The molecule has 20 heavy (non-hydrogen) atoms. The number of ether oxygens (including phenoxy) is 1. The van der Waals surface area contributed by atoms with Gasteiger partial charge >= 0.3 is 0 Å². The van der Waals surface area contributed by atoms with E-state index in [1.54, 1.807) is 19.3 Å². The predicted molar refractivity (Wildman–Crippen MR) is 75.9 cm³/mol. The molecule has 2 N–H and O–H groups in total. The van der Waals surface area contributed by atoms with Gasteiger partial charge in [0, 0.05) is 24.5 Å². The van der Waals surface area contributed by atoms with Crippen molar-refractivity contribution in [2.24, 2.45) is 0 Å². The maximum Gasteiger partial charge on any atom is 0.269 e. The van der Waals surface area contributed by atoms with E-state index in [2.05, 4.69) is 15.6 Å². The summed E-state index contributed by atoms with van der Waals surface area (Å²) < 4.78 is 5.62. The van der Waals surface area contributed by atoms with Crippen molar-refractivity contribution in [1.82, 2.24) is 10.3 Å². The summed E-state index contributed by atoms with van der Waals surface area (Å²) in [6, 6.07) is 11.6. The fourth-order valence-electron chi connectivity index (χ4n) is 2.26. The second kappa shape index (κ2) is 5.21. The van der Waals surface area contributed by atoms with Gasteiger partial charge in [0.05, 0.1) is 6.04 Å². The number of para-hydroxylation sites is 1. The largest absolute Gasteiger partial charge is 0.491 e. The summed E-state index contributed by atoms with van der Waals surface area (Å²) in [6.07, 6.45) is 1.62. The van der Waals surface area contributed by atoms with Crippen molar-refractivity contribution in [3.05, 3.63) is 53.9 Å². The summed E-state index contributed by atoms with van der Waals surface area (Å²) in [5.74, 6) is 0.710. The molecule has 5 nitrogen and oxygen atoms in total. The third-order valence-electron chi connectivity index (χ3n) is 3.26. The number of nitrogens with one attached hydrogen (secondary N) is 2. The standard InChI is InChI=1S/C15H15N3O2/c1-16-15(19)12-8-10(6-7-17-12)18-13-9-20-14-5-3-2-4-11(13)14/h2-8,13H,9H2,1H3,(H,16,19)(H,17,18). The summed E-state index contributed by atoms with van der Waals surface area (Å²) in [5, 5.41) is 5.94. The van der Waals surface area contributed by atoms with E-state index >= 15 is 0 Å². The minimum absolute atomic E-state index is 0.0890. The molecule has 0 spiro atoms. The second-order valence-electron chi connectivity index (χ2n) is 4.55. The quantitative estimate of drug-likeness (QED) is 0.894. The highest BCUT2D eigenvalue weighted by molar-refractivity contribution is 5.92. The van der Waals surface area contributed by atoms with Crippen molar-refractivity contribution in [3.63, 3.8) is 0 Å². The van der Waals surface area contributed by atoms with Gasteiger partial charge in [-0.3, -0.25) is 9.78 Å². The number of fused-ring (bicyclic) bond motifs is 1. The van der Waals surface area contributed by atoms with E-state index < -0.39 is 0 Å². The number of carbonyl (C=O) groups is 1. The van der Waals surface area contributed by atoms with Crippen LogP contribution >= 0.6 is 0 Å². The third-order valence-corrected chi connectivity index (χ3v) is 3.26. The second-order valence-corrected chi connectivity index (χ2v) is 4.55. The van der Waals surface area contributed by atoms with E-state index in [0.29, 0.717) is 12.3 Å². The Bertz CT molecular complexity index is 643. The minimum atomic E-state index is -0.197. The van der Waals surface area contributed by atoms with Crippen LogP contribution in [0.1, 0.15) is 22.1 Å². The van der Waals surface area contributed by atoms with Crippen LogP contribution in [0, 0.1) is 0 Å². The maximum atomic E-state index is 11.6. The zero-order chi connectivity index (χ0) is 13.9. The van der Waals surface area contributed by atoms with Crippen molar-refractivity contribution >= 4 is 11.6 Å². The first kappa shape index (κ1) is 12.5. The van der Waals surface area contributed by atoms with Crippen molar-refractivity contribution in [2.45, 2.75) is 6.04 Å². The molecule has 102 valence electrons. The molecular weight excluding hydrogens is 254 g/mol. The average Bonchev–Trinajstić information content (AvgIpc) is 2.90. The molecule has 2 heterocycles. The van der Waals surface area contributed by atoms with Gasteiger partial charge in [-0.15, -0.1) is 0 Å². The smallest absolute Gasteiger partial charge is 0.269 e. The van der Waals surface area contributed by atoms with Gasteiger partial charge in [-0.05, 0) is 18.2 Å². The molecule has 1 aliphatic rings. The highest BCUT2D eigenvalue weighted by Crippen LogP contribution is 2.33. The van der Waals surface area contributed by atoms with Crippen molar-refractivity contribution in [3.8, 4) is 5.75 Å². The summed E-state index contributed by atoms with van der Waals surface area (Å²) in [5.41, 5.74) is 2.37. The Morgan fingerprint density at radius 1 is 1.35 bits per heavy atom. The fraction of sp³-hybridized carbons (Fsp3) is 0.200. The van der Waals surface area contributed by atoms with Crippen LogP contribution in [0.2, 0.25) is 0 Å². The molecule has 1 amide bonds. The molecular formula is C15H15N3O2. The topological polar surface area (TPSA) is 63.2 Å². The van der Waals surface area contributed by atoms with E-state index in [-0.39, 0.29) is 11.9 Å². The van der Waals surface area contributed by atoms with Crippen LogP contribution < -0.4 is 15.4 Å². The molecule has 5 heteroatoms. The van der Waals surface area contributed by atoms with Gasteiger partial charge in [0.25, 0.3) is 5.91 Å². The van der Waals surface area contributed by atoms with Gasteiger partial charge in [0.1, 0.15) is 18.1 Å². The van der Waals surface area contributed by atoms with Crippen molar-refractivity contribution in [2.75, 3.05) is 19.0 Å². The number of benzene rings is 1. The Morgan fingerprint density at radius 3 is 3.05 bits per heavy atom. The van der Waals surface area contributed by atoms with Crippen LogP contribution in [-0.4, -0.2) is 24.5 Å². The summed E-state index contributed by atoms with van der Waals surface area (Å²) in [6.45, 7) is 0.580. The summed E-state index contributed by atoms with van der Waals surface area (Å²) in [4.78, 5) is 15.6. The Morgan fingerprint density at radius 2 is 2.20 bits per heavy atom. The Kier molecular flexibility index (Phi) is 3.25. The van der Waals surface area contributed by atoms with E-state index in [0.717, 1.165) is 17.0 Å². The first-order chi connectivity index (χ1) is 9.78. The van der Waals surface area contributed by atoms with Crippen molar-refractivity contribution < 1.29 is 9.53 Å². The van der Waals surface area contributed by atoms with Crippen LogP contribution in [-0.2, 0) is 0 Å². The molecule has 1 aromatic carbocycles. The number of hydrogen-bond acceptors (Lipinski definition) is 4. The number of nitrogens with zero attached hydrogens (tertiary/aromatic N) is 1. The highest BCUT2D eigenvalue weighted by Gasteiger charge is 2.23. The van der Waals surface area contributed by atoms with E-state index in [1.165, 1.54) is 0 Å². The molecule has 1 atom stereocenters. The Balaban J connectivity index is 1.81. The normalized spacial score (nSPS) is 16.1. The molecule has 3 rings (SSSR count). The predicted octanol–water partition coefficient (Wildman–Crippen LogP) is 1.99. The SMILES string of the molecule is CNC(=O)c1cc(NC2COc3ccccc32)ccn1. The van der Waals surface area contributed by atoms with Crippen LogP contribution in [0.4, 0.5) is 5.69 Å². The highest BCUT2D eigenvalue weighted by atomic mass is 16.5. The number of rotatable bonds is 3. The summed E-state index contributed by atoms with van der Waals surface area (Å²) >= 11 is 0. The Labute approximate surface area is 117 Å². The number of anilines is 1. The lowest BCUT2D eigenvalue weighted by Gasteiger charge is -2.13. The number of hydrogen-bond donors (Lipinski definition) is 2. The van der Waals surface area contributed by atoms with Crippen LogP contribution in [0.15, 0.2) is 42.6 Å². The monoisotopic (exact) mass is 269 g/mol. The lowest BCUT2D eigenvalue weighted by atomic mass is 10.1. The van der Waals surface area contributed by atoms with Gasteiger partial charge in [0.2, 0.25) is 0 Å². The van der Waals surface area contributed by atoms with Gasteiger partial charge in [-0.1, -0.05) is 18.2 Å². The van der Waals surface area contributed by atoms with E-state index in [4.69, 9.17) is 4.74 Å². The van der Waals surface area contributed by atoms with Gasteiger partial charge in [-0.2, -0.15) is 0 Å². The summed E-state index contributed by atoms with van der Waals surface area (Å²) in [7, 11) is 1.59. The molecule has 0 fully saturated rings. The molecule has 0 aliphatic carbocycles. The Hall–Kier alpha value is -2.56. The molecule has 0 bridgehead atoms. The molecule has 2 aromatic rings. The molecule has 1 unspecified atom stereocenters. The van der Waals surface area contributed by atoms with E-state index in [9.17, 15) is 4.79 Å². The number of carbonyl (C=O) groups excluding carboxylic acids is 1. The lowest BCUT2D eigenvalue weighted by Crippen LogP contribution is -2.19. The average molecular weight is 269 g/mol. The first-order valence-corrected chi connectivity index (χ1v) is 6.44. The molecule has 1 aliphatic heterocycles. The first-order valence-electron chi connectivity index (χ1n) is 6.44. The lowest BCUT2D eigenvalue weighted by molar-refractivity contribution is 0.0958. The molecule has 1 aromatic heterocycles. The zero-order valence-electron chi connectivity index (χ0n) is 11.1. The van der Waals surface area contributed by atoms with Gasteiger partial charge in [-0.25, -0.2) is 0 Å². The van der Waals surface area contributed by atoms with Crippen LogP contribution in [0.25, 0.3) is 0 Å². The fourth-order valence-corrected chi connectivity index (χ4v) is 2.26. The number of amides is 1. The maximum absolute atomic E-state index is 11.6. The van der Waals surface area contributed by atoms with Gasteiger partial charge in [0.15, 0.2) is 0 Å². The molecule has 0 saturated carbocycles. The van der Waals surface area contributed by atoms with Crippen LogP contribution in [0.3, 0.4) is 0 Å². The van der Waals surface area contributed by atoms with Crippen molar-refractivity contribution in [1.29, 1.82) is 0 Å².